The summed E-state index contributed by atoms with van der Waals surface area (Å²) < 4.78 is 5.64. The summed E-state index contributed by atoms with van der Waals surface area (Å²) in [7, 11) is 0. The van der Waals surface area contributed by atoms with Crippen LogP contribution in [-0.2, 0) is 14.3 Å². The SMILES string of the molecule is O=C(N[C@@H](C(=O)N1CCC[C@H]1C(=O)O)c1ccccc1)OCC1c2ccccc2-c2ccccc21. The van der Waals surface area contributed by atoms with Crippen molar-refractivity contribution < 1.29 is 24.2 Å². The fourth-order valence-electron chi connectivity index (χ4n) is 5.14. The molecule has 178 valence electrons. The first-order valence-electron chi connectivity index (χ1n) is 11.7. The van der Waals surface area contributed by atoms with Crippen LogP contribution < -0.4 is 5.32 Å². The predicted molar refractivity (Wildman–Crippen MR) is 130 cm³/mol. The van der Waals surface area contributed by atoms with Crippen molar-refractivity contribution >= 4 is 18.0 Å². The number of carbonyl (C=O) groups is 3. The molecule has 5 rings (SSSR count). The molecule has 3 aromatic rings. The molecule has 7 nitrogen and oxygen atoms in total. The number of likely N-dealkylation sites (tertiary alicyclic amines) is 1. The topological polar surface area (TPSA) is 95.9 Å². The number of aliphatic carboxylic acids is 1. The molecule has 7 heteroatoms. The number of carboxylic acids is 1. The van der Waals surface area contributed by atoms with Crippen molar-refractivity contribution in [1.29, 1.82) is 0 Å². The van der Waals surface area contributed by atoms with Gasteiger partial charge in [0, 0.05) is 12.5 Å². The van der Waals surface area contributed by atoms with Crippen molar-refractivity contribution in [3.05, 3.63) is 95.6 Å². The van der Waals surface area contributed by atoms with E-state index in [1.165, 1.54) is 4.90 Å². The van der Waals surface area contributed by atoms with E-state index in [4.69, 9.17) is 4.74 Å². The smallest absolute Gasteiger partial charge is 0.408 e. The molecule has 1 aliphatic carbocycles. The minimum absolute atomic E-state index is 0.103. The van der Waals surface area contributed by atoms with Crippen LogP contribution in [0.2, 0.25) is 0 Å². The van der Waals surface area contributed by atoms with Crippen molar-refractivity contribution in [2.24, 2.45) is 0 Å². The Bertz CT molecular complexity index is 1210. The molecule has 3 aromatic carbocycles. The van der Waals surface area contributed by atoms with E-state index in [9.17, 15) is 19.5 Å². The van der Waals surface area contributed by atoms with E-state index in [1.54, 1.807) is 24.3 Å². The molecular weight excluding hydrogens is 444 g/mol. The largest absolute Gasteiger partial charge is 0.480 e. The third-order valence-electron chi connectivity index (χ3n) is 6.81. The van der Waals surface area contributed by atoms with E-state index in [2.05, 4.69) is 17.4 Å². The lowest BCUT2D eigenvalue weighted by Crippen LogP contribution is -2.47. The molecular formula is C28H26N2O5. The van der Waals surface area contributed by atoms with Gasteiger partial charge in [0.15, 0.2) is 0 Å². The number of carboxylic acid groups (broad SMARTS) is 1. The molecule has 0 bridgehead atoms. The first kappa shape index (κ1) is 22.7. The third kappa shape index (κ3) is 4.37. The van der Waals surface area contributed by atoms with Gasteiger partial charge in [0.2, 0.25) is 0 Å². The molecule has 2 atom stereocenters. The van der Waals surface area contributed by atoms with Gasteiger partial charge in [0.1, 0.15) is 18.7 Å². The Kier molecular flexibility index (Phi) is 6.23. The first-order valence-corrected chi connectivity index (χ1v) is 11.7. The highest BCUT2D eigenvalue weighted by atomic mass is 16.5. The van der Waals surface area contributed by atoms with Gasteiger partial charge in [-0.1, -0.05) is 78.9 Å². The van der Waals surface area contributed by atoms with Crippen LogP contribution in [0.25, 0.3) is 11.1 Å². The number of alkyl carbamates (subject to hydrolysis) is 1. The molecule has 0 radical (unpaired) electrons. The second kappa shape index (κ2) is 9.62. The second-order valence-corrected chi connectivity index (χ2v) is 8.84. The van der Waals surface area contributed by atoms with E-state index in [0.717, 1.165) is 22.3 Å². The van der Waals surface area contributed by atoms with Crippen molar-refractivity contribution in [2.75, 3.05) is 13.2 Å². The summed E-state index contributed by atoms with van der Waals surface area (Å²) in [5.74, 6) is -1.59. The van der Waals surface area contributed by atoms with Gasteiger partial charge in [-0.05, 0) is 40.7 Å². The Morgan fingerprint density at radius 2 is 1.51 bits per heavy atom. The fraction of sp³-hybridized carbons (Fsp3) is 0.250. The second-order valence-electron chi connectivity index (χ2n) is 8.84. The molecule has 0 aromatic heterocycles. The van der Waals surface area contributed by atoms with Crippen LogP contribution >= 0.6 is 0 Å². The third-order valence-corrected chi connectivity index (χ3v) is 6.81. The summed E-state index contributed by atoms with van der Waals surface area (Å²) in [6.45, 7) is 0.461. The summed E-state index contributed by atoms with van der Waals surface area (Å²) >= 11 is 0. The summed E-state index contributed by atoms with van der Waals surface area (Å²) in [5, 5.41) is 12.2. The highest BCUT2D eigenvalue weighted by Gasteiger charge is 2.38. The van der Waals surface area contributed by atoms with Crippen LogP contribution in [0.3, 0.4) is 0 Å². The number of hydrogen-bond donors (Lipinski definition) is 2. The van der Waals surface area contributed by atoms with Gasteiger partial charge < -0.3 is 20.1 Å². The molecule has 1 aliphatic heterocycles. The molecule has 0 saturated carbocycles. The van der Waals surface area contributed by atoms with Crippen molar-refractivity contribution in [3.8, 4) is 11.1 Å². The monoisotopic (exact) mass is 470 g/mol. The molecule has 1 heterocycles. The zero-order valence-electron chi connectivity index (χ0n) is 19.1. The number of amides is 2. The number of fused-ring (bicyclic) bond motifs is 3. The van der Waals surface area contributed by atoms with Crippen LogP contribution in [0.15, 0.2) is 78.9 Å². The predicted octanol–water partition coefficient (Wildman–Crippen LogP) is 4.34. The highest BCUT2D eigenvalue weighted by molar-refractivity contribution is 5.90. The van der Waals surface area contributed by atoms with E-state index in [0.29, 0.717) is 24.9 Å². The number of benzene rings is 3. The summed E-state index contributed by atoms with van der Waals surface area (Å²) in [4.78, 5) is 39.3. The van der Waals surface area contributed by atoms with Gasteiger partial charge in [-0.2, -0.15) is 0 Å². The number of nitrogens with zero attached hydrogens (tertiary/aromatic N) is 1. The average molecular weight is 471 g/mol. The maximum atomic E-state index is 13.4. The summed E-state index contributed by atoms with van der Waals surface area (Å²) in [5.41, 5.74) is 5.02. The minimum Gasteiger partial charge on any atom is -0.480 e. The maximum absolute atomic E-state index is 13.4. The molecule has 0 unspecified atom stereocenters. The zero-order chi connectivity index (χ0) is 24.4. The lowest BCUT2D eigenvalue weighted by atomic mass is 9.98. The maximum Gasteiger partial charge on any atom is 0.408 e. The standard InChI is InChI=1S/C28H26N2O5/c31-26(30-16-8-15-24(30)27(32)33)25(18-9-2-1-3-10-18)29-28(34)35-17-23-21-13-6-4-11-19(21)20-12-5-7-14-22(20)23/h1-7,9-14,23-25H,8,15-17H2,(H,29,34)(H,32,33)/t24-,25+/m0/s1. The quantitative estimate of drug-likeness (QED) is 0.559. The van der Waals surface area contributed by atoms with E-state index < -0.39 is 30.1 Å². The fourth-order valence-corrected chi connectivity index (χ4v) is 5.14. The van der Waals surface area contributed by atoms with Crippen LogP contribution in [0.4, 0.5) is 4.79 Å². The molecule has 0 spiro atoms. The van der Waals surface area contributed by atoms with Gasteiger partial charge in [-0.25, -0.2) is 9.59 Å². The van der Waals surface area contributed by atoms with Gasteiger partial charge in [0.05, 0.1) is 0 Å². The average Bonchev–Trinajstić information content (AvgIpc) is 3.50. The van der Waals surface area contributed by atoms with Crippen molar-refractivity contribution in [1.82, 2.24) is 10.2 Å². The highest BCUT2D eigenvalue weighted by Crippen LogP contribution is 2.44. The number of nitrogens with one attached hydrogen (secondary N) is 1. The molecule has 2 amide bonds. The normalized spacial score (nSPS) is 17.4. The minimum atomic E-state index is -1.04. The first-order chi connectivity index (χ1) is 17.0. The van der Waals surface area contributed by atoms with Gasteiger partial charge in [-0.3, -0.25) is 4.79 Å². The van der Waals surface area contributed by atoms with E-state index in [1.807, 2.05) is 42.5 Å². The molecule has 1 fully saturated rings. The molecule has 2 aliphatic rings. The molecule has 35 heavy (non-hydrogen) atoms. The zero-order valence-corrected chi connectivity index (χ0v) is 19.1. The Labute approximate surface area is 203 Å². The Hall–Kier alpha value is -4.13. The van der Waals surface area contributed by atoms with Crippen LogP contribution in [0, 0.1) is 0 Å². The van der Waals surface area contributed by atoms with Gasteiger partial charge in [0.25, 0.3) is 5.91 Å². The van der Waals surface area contributed by atoms with Gasteiger partial charge >= 0.3 is 12.1 Å². The summed E-state index contributed by atoms with van der Waals surface area (Å²) in [6.07, 6.45) is 0.281. The number of rotatable bonds is 6. The van der Waals surface area contributed by atoms with Crippen LogP contribution in [0.5, 0.6) is 0 Å². The lowest BCUT2D eigenvalue weighted by Gasteiger charge is -2.27. The van der Waals surface area contributed by atoms with E-state index in [-0.39, 0.29) is 12.5 Å². The number of hydrogen-bond acceptors (Lipinski definition) is 4. The van der Waals surface area contributed by atoms with Gasteiger partial charge in [-0.15, -0.1) is 0 Å². The van der Waals surface area contributed by atoms with Crippen molar-refractivity contribution in [2.45, 2.75) is 30.8 Å². The van der Waals surface area contributed by atoms with Crippen LogP contribution in [0.1, 0.15) is 41.5 Å². The Morgan fingerprint density at radius 3 is 2.14 bits per heavy atom. The molecule has 1 saturated heterocycles. The van der Waals surface area contributed by atoms with E-state index >= 15 is 0 Å². The number of carbonyl (C=O) groups excluding carboxylic acids is 2. The Morgan fingerprint density at radius 1 is 0.914 bits per heavy atom. The van der Waals surface area contributed by atoms with Crippen LogP contribution in [-0.4, -0.2) is 47.2 Å². The lowest BCUT2D eigenvalue weighted by molar-refractivity contribution is -0.149. The number of ether oxygens (including phenoxy) is 1. The Balaban J connectivity index is 1.33. The van der Waals surface area contributed by atoms with Crippen molar-refractivity contribution in [3.63, 3.8) is 0 Å². The molecule has 2 N–H and O–H groups in total. The summed E-state index contributed by atoms with van der Waals surface area (Å²) in [6, 6.07) is 23.0.